The highest BCUT2D eigenvalue weighted by Gasteiger charge is 2.19. The zero-order valence-corrected chi connectivity index (χ0v) is 13.3. The summed E-state index contributed by atoms with van der Waals surface area (Å²) in [6.45, 7) is 2.62. The summed E-state index contributed by atoms with van der Waals surface area (Å²) < 4.78 is 26.8. The van der Waals surface area contributed by atoms with Crippen molar-refractivity contribution in [3.63, 3.8) is 0 Å². The summed E-state index contributed by atoms with van der Waals surface area (Å²) in [4.78, 5) is 2.27. The fourth-order valence-electron chi connectivity index (χ4n) is 2.41. The van der Waals surface area contributed by atoms with Crippen molar-refractivity contribution in [2.75, 3.05) is 26.7 Å². The Morgan fingerprint density at radius 1 is 1.35 bits per heavy atom. The van der Waals surface area contributed by atoms with Gasteiger partial charge in [-0.25, -0.2) is 13.1 Å². The molecule has 1 heterocycles. The second-order valence-corrected chi connectivity index (χ2v) is 7.73. The fourth-order valence-corrected chi connectivity index (χ4v) is 3.83. The molecule has 0 unspecified atom stereocenters. The smallest absolute Gasteiger partial charge is 0.215 e. The molecule has 112 valence electrons. The Morgan fingerprint density at radius 3 is 2.70 bits per heavy atom. The van der Waals surface area contributed by atoms with Gasteiger partial charge in [-0.3, -0.25) is 0 Å². The van der Waals surface area contributed by atoms with Crippen molar-refractivity contribution in [1.29, 1.82) is 0 Å². The van der Waals surface area contributed by atoms with Gasteiger partial charge >= 0.3 is 0 Å². The van der Waals surface area contributed by atoms with Gasteiger partial charge in [0.15, 0.2) is 0 Å². The third kappa shape index (κ3) is 5.05. The van der Waals surface area contributed by atoms with Crippen molar-refractivity contribution in [3.05, 3.63) is 34.9 Å². The second-order valence-electron chi connectivity index (χ2n) is 5.48. The van der Waals surface area contributed by atoms with E-state index in [4.69, 9.17) is 11.6 Å². The molecule has 0 atom stereocenters. The molecule has 0 spiro atoms. The predicted octanol–water partition coefficient (Wildman–Crippen LogP) is 2.10. The molecule has 20 heavy (non-hydrogen) atoms. The molecule has 0 bridgehead atoms. The van der Waals surface area contributed by atoms with E-state index in [2.05, 4.69) is 16.7 Å². The summed E-state index contributed by atoms with van der Waals surface area (Å²) in [5.41, 5.74) is 0.716. The van der Waals surface area contributed by atoms with E-state index in [9.17, 15) is 8.42 Å². The highest BCUT2D eigenvalue weighted by molar-refractivity contribution is 7.88. The Morgan fingerprint density at radius 2 is 2.05 bits per heavy atom. The van der Waals surface area contributed by atoms with Crippen LogP contribution in [0.1, 0.15) is 18.4 Å². The molecule has 1 fully saturated rings. The van der Waals surface area contributed by atoms with Crippen LogP contribution in [-0.2, 0) is 15.8 Å². The summed E-state index contributed by atoms with van der Waals surface area (Å²) >= 11 is 5.87. The van der Waals surface area contributed by atoms with E-state index >= 15 is 0 Å². The van der Waals surface area contributed by atoms with Crippen LogP contribution < -0.4 is 4.72 Å². The highest BCUT2D eigenvalue weighted by atomic mass is 35.5. The molecule has 1 aliphatic rings. The maximum absolute atomic E-state index is 12.1. The van der Waals surface area contributed by atoms with Gasteiger partial charge < -0.3 is 4.90 Å². The van der Waals surface area contributed by atoms with Gasteiger partial charge in [-0.2, -0.15) is 0 Å². The number of rotatable bonds is 5. The van der Waals surface area contributed by atoms with Gasteiger partial charge in [0, 0.05) is 11.6 Å². The normalized spacial score (nSPS) is 18.3. The molecule has 1 aliphatic heterocycles. The zero-order chi connectivity index (χ0) is 14.6. The Labute approximate surface area is 126 Å². The van der Waals surface area contributed by atoms with Crippen LogP contribution in [0.3, 0.4) is 0 Å². The van der Waals surface area contributed by atoms with Crippen LogP contribution in [0.15, 0.2) is 24.3 Å². The molecule has 0 amide bonds. The molecule has 4 nitrogen and oxygen atoms in total. The van der Waals surface area contributed by atoms with Gasteiger partial charge in [-0.05, 0) is 56.6 Å². The van der Waals surface area contributed by atoms with Crippen LogP contribution >= 0.6 is 11.6 Å². The number of nitrogens with one attached hydrogen (secondary N) is 1. The number of likely N-dealkylation sites (tertiary alicyclic amines) is 1. The first-order valence-electron chi connectivity index (χ1n) is 6.85. The van der Waals surface area contributed by atoms with Gasteiger partial charge in [0.25, 0.3) is 0 Å². The number of benzene rings is 1. The van der Waals surface area contributed by atoms with E-state index < -0.39 is 10.0 Å². The number of sulfonamides is 1. The molecule has 1 N–H and O–H groups in total. The molecular weight excluding hydrogens is 296 g/mol. The SMILES string of the molecule is CN1CCC(CNS(=O)(=O)Cc2cccc(Cl)c2)CC1. The van der Waals surface area contributed by atoms with E-state index in [1.807, 2.05) is 0 Å². The molecule has 6 heteroatoms. The van der Waals surface area contributed by atoms with Crippen molar-refractivity contribution in [3.8, 4) is 0 Å². The fraction of sp³-hybridized carbons (Fsp3) is 0.571. The number of nitrogens with zero attached hydrogens (tertiary/aromatic N) is 1. The lowest BCUT2D eigenvalue weighted by atomic mass is 9.98. The largest absolute Gasteiger partial charge is 0.306 e. The van der Waals surface area contributed by atoms with Crippen LogP contribution in [0.2, 0.25) is 5.02 Å². The minimum Gasteiger partial charge on any atom is -0.306 e. The first-order valence-corrected chi connectivity index (χ1v) is 8.88. The first-order chi connectivity index (χ1) is 9.44. The van der Waals surface area contributed by atoms with Crippen LogP contribution in [0.4, 0.5) is 0 Å². The summed E-state index contributed by atoms with van der Waals surface area (Å²) in [6, 6.07) is 6.98. The minimum atomic E-state index is -3.29. The lowest BCUT2D eigenvalue weighted by Crippen LogP contribution is -2.37. The molecule has 1 saturated heterocycles. The summed E-state index contributed by atoms with van der Waals surface area (Å²) in [6.07, 6.45) is 2.10. The molecular formula is C14H21ClN2O2S. The monoisotopic (exact) mass is 316 g/mol. The van der Waals surface area contributed by atoms with Crippen molar-refractivity contribution in [2.45, 2.75) is 18.6 Å². The quantitative estimate of drug-likeness (QED) is 0.905. The Hall–Kier alpha value is -0.620. The van der Waals surface area contributed by atoms with E-state index in [0.717, 1.165) is 25.9 Å². The lowest BCUT2D eigenvalue weighted by molar-refractivity contribution is 0.220. The molecule has 0 radical (unpaired) electrons. The third-order valence-corrected chi connectivity index (χ3v) is 5.23. The average Bonchev–Trinajstić information content (AvgIpc) is 2.37. The summed E-state index contributed by atoms with van der Waals surface area (Å²) in [5.74, 6) is 0.431. The number of halogens is 1. The molecule has 0 aliphatic carbocycles. The average molecular weight is 317 g/mol. The maximum Gasteiger partial charge on any atom is 0.215 e. The minimum absolute atomic E-state index is 0.0137. The number of hydrogen-bond acceptors (Lipinski definition) is 3. The summed E-state index contributed by atoms with van der Waals surface area (Å²) in [7, 11) is -1.19. The van der Waals surface area contributed by atoms with Crippen LogP contribution in [0, 0.1) is 5.92 Å². The predicted molar refractivity (Wildman–Crippen MR) is 82.3 cm³/mol. The van der Waals surface area contributed by atoms with Crippen molar-refractivity contribution in [2.24, 2.45) is 5.92 Å². The van der Waals surface area contributed by atoms with Gasteiger partial charge in [-0.1, -0.05) is 23.7 Å². The second kappa shape index (κ2) is 6.89. The van der Waals surface area contributed by atoms with E-state index in [0.29, 0.717) is 23.0 Å². The number of hydrogen-bond donors (Lipinski definition) is 1. The molecule has 0 saturated carbocycles. The molecule has 1 aromatic carbocycles. The molecule has 0 aromatic heterocycles. The standard InChI is InChI=1S/C14H21ClN2O2S/c1-17-7-5-12(6-8-17)10-16-20(18,19)11-13-3-2-4-14(15)9-13/h2-4,9,12,16H,5-8,10-11H2,1H3. The van der Waals surface area contributed by atoms with Crippen molar-refractivity contribution >= 4 is 21.6 Å². The van der Waals surface area contributed by atoms with Crippen LogP contribution in [0.25, 0.3) is 0 Å². The topological polar surface area (TPSA) is 49.4 Å². The Kier molecular flexibility index (Phi) is 5.43. The van der Waals surface area contributed by atoms with E-state index in [1.165, 1.54) is 0 Å². The van der Waals surface area contributed by atoms with E-state index in [-0.39, 0.29) is 5.75 Å². The van der Waals surface area contributed by atoms with Gasteiger partial charge in [0.05, 0.1) is 5.75 Å². The summed E-state index contributed by atoms with van der Waals surface area (Å²) in [5, 5.41) is 0.563. The maximum atomic E-state index is 12.1. The van der Waals surface area contributed by atoms with Crippen molar-refractivity contribution in [1.82, 2.24) is 9.62 Å². The Balaban J connectivity index is 1.85. The van der Waals surface area contributed by atoms with Gasteiger partial charge in [-0.15, -0.1) is 0 Å². The Bertz CT molecular complexity index is 540. The van der Waals surface area contributed by atoms with Crippen LogP contribution in [-0.4, -0.2) is 40.0 Å². The number of piperidine rings is 1. The van der Waals surface area contributed by atoms with Gasteiger partial charge in [0.2, 0.25) is 10.0 Å². The van der Waals surface area contributed by atoms with E-state index in [1.54, 1.807) is 24.3 Å². The van der Waals surface area contributed by atoms with Crippen LogP contribution in [0.5, 0.6) is 0 Å². The first kappa shape index (κ1) is 15.8. The molecule has 1 aromatic rings. The molecule has 2 rings (SSSR count). The zero-order valence-electron chi connectivity index (χ0n) is 11.7. The van der Waals surface area contributed by atoms with Gasteiger partial charge in [0.1, 0.15) is 0 Å². The third-order valence-electron chi connectivity index (χ3n) is 3.68. The van der Waals surface area contributed by atoms with Crippen molar-refractivity contribution < 1.29 is 8.42 Å². The lowest BCUT2D eigenvalue weighted by Gasteiger charge is -2.28. The highest BCUT2D eigenvalue weighted by Crippen LogP contribution is 2.16.